The predicted molar refractivity (Wildman–Crippen MR) is 124 cm³/mol. The van der Waals surface area contributed by atoms with Crippen molar-refractivity contribution in [3.8, 4) is 0 Å². The molecule has 0 saturated carbocycles. The topological polar surface area (TPSA) is 59.8 Å². The number of nitrogens with zero attached hydrogens (tertiary/aromatic N) is 3. The minimum absolute atomic E-state index is 0.0474. The van der Waals surface area contributed by atoms with Crippen LogP contribution in [0.5, 0.6) is 0 Å². The summed E-state index contributed by atoms with van der Waals surface area (Å²) in [4.78, 5) is 21.5. The molecule has 4 aromatic rings. The minimum Gasteiger partial charge on any atom is -0.350 e. The molecule has 31 heavy (non-hydrogen) atoms. The number of imidazole rings is 1. The molecule has 2 aromatic carbocycles. The number of carbonyl (C=O) groups is 1. The van der Waals surface area contributed by atoms with Gasteiger partial charge in [-0.05, 0) is 36.8 Å². The zero-order valence-electron chi connectivity index (χ0n) is 17.1. The molecule has 0 bridgehead atoms. The molecular weight excluding hydrogens is 431 g/mol. The molecule has 5 nitrogen and oxygen atoms in total. The molecule has 0 aliphatic carbocycles. The number of fused-ring (bicyclic) bond motifs is 1. The molecule has 4 rings (SSSR count). The van der Waals surface area contributed by atoms with E-state index in [-0.39, 0.29) is 5.91 Å². The maximum absolute atomic E-state index is 12.5. The number of benzene rings is 2. The Hall–Kier alpha value is -2.89. The fourth-order valence-corrected chi connectivity index (χ4v) is 3.75. The largest absolute Gasteiger partial charge is 0.350 e. The van der Waals surface area contributed by atoms with Crippen molar-refractivity contribution in [3.05, 3.63) is 93.5 Å². The molecule has 0 saturated heterocycles. The van der Waals surface area contributed by atoms with E-state index in [9.17, 15) is 4.79 Å². The lowest BCUT2D eigenvalue weighted by Gasteiger charge is -2.10. The Morgan fingerprint density at radius 1 is 1.06 bits per heavy atom. The second kappa shape index (κ2) is 9.50. The van der Waals surface area contributed by atoms with Gasteiger partial charge < -0.3 is 9.88 Å². The van der Waals surface area contributed by atoms with E-state index in [1.165, 1.54) is 5.56 Å². The quantitative estimate of drug-likeness (QED) is 0.411. The summed E-state index contributed by atoms with van der Waals surface area (Å²) in [5, 5.41) is 3.86. The van der Waals surface area contributed by atoms with E-state index in [0.717, 1.165) is 28.1 Å². The van der Waals surface area contributed by atoms with Crippen LogP contribution >= 0.6 is 23.2 Å². The highest BCUT2D eigenvalue weighted by Gasteiger charge is 2.15. The van der Waals surface area contributed by atoms with Gasteiger partial charge in [0.2, 0.25) is 5.91 Å². The first kappa shape index (κ1) is 21.3. The minimum atomic E-state index is -0.0474. The lowest BCUT2D eigenvalue weighted by Crippen LogP contribution is -2.24. The van der Waals surface area contributed by atoms with Gasteiger partial charge in [-0.15, -0.1) is 0 Å². The molecule has 158 valence electrons. The Kier molecular flexibility index (Phi) is 6.54. The SMILES string of the molecule is Cc1ccc(Cc2nc3cc(Cl)c(Cl)cc3n2CCC(=O)NCc2ccccn2)cc1. The second-order valence-corrected chi connectivity index (χ2v) is 8.26. The molecule has 0 spiro atoms. The molecule has 0 aliphatic heterocycles. The maximum atomic E-state index is 12.5. The molecule has 1 amide bonds. The lowest BCUT2D eigenvalue weighted by molar-refractivity contribution is -0.121. The average molecular weight is 453 g/mol. The smallest absolute Gasteiger partial charge is 0.222 e. The second-order valence-electron chi connectivity index (χ2n) is 7.44. The van der Waals surface area contributed by atoms with Crippen molar-refractivity contribution in [2.75, 3.05) is 0 Å². The van der Waals surface area contributed by atoms with Crippen LogP contribution in [0.15, 0.2) is 60.8 Å². The van der Waals surface area contributed by atoms with Crippen LogP contribution in [-0.4, -0.2) is 20.4 Å². The van der Waals surface area contributed by atoms with Crippen LogP contribution in [0.4, 0.5) is 0 Å². The van der Waals surface area contributed by atoms with Crippen LogP contribution < -0.4 is 5.32 Å². The summed E-state index contributed by atoms with van der Waals surface area (Å²) in [5.74, 6) is 0.823. The van der Waals surface area contributed by atoms with Gasteiger partial charge in [0.05, 0.1) is 33.3 Å². The fourth-order valence-electron chi connectivity index (χ4n) is 3.44. The molecule has 7 heteroatoms. The number of amides is 1. The molecular formula is C24H22Cl2N4O. The summed E-state index contributed by atoms with van der Waals surface area (Å²) in [7, 11) is 0. The maximum Gasteiger partial charge on any atom is 0.222 e. The van der Waals surface area contributed by atoms with E-state index in [1.54, 1.807) is 12.3 Å². The van der Waals surface area contributed by atoms with Gasteiger partial charge in [-0.1, -0.05) is 59.1 Å². The van der Waals surface area contributed by atoms with Crippen LogP contribution in [0.3, 0.4) is 0 Å². The Labute approximate surface area is 191 Å². The van der Waals surface area contributed by atoms with Gasteiger partial charge in [-0.2, -0.15) is 0 Å². The van der Waals surface area contributed by atoms with Crippen molar-refractivity contribution in [2.24, 2.45) is 0 Å². The molecule has 0 aliphatic rings. The third-order valence-electron chi connectivity index (χ3n) is 5.11. The van der Waals surface area contributed by atoms with Crippen LogP contribution in [0.1, 0.15) is 29.1 Å². The fraction of sp³-hybridized carbons (Fsp3) is 0.208. The summed E-state index contributed by atoms with van der Waals surface area (Å²) in [6.45, 7) is 2.96. The zero-order chi connectivity index (χ0) is 21.8. The van der Waals surface area contributed by atoms with Gasteiger partial charge in [0, 0.05) is 25.6 Å². The predicted octanol–water partition coefficient (Wildman–Crippen LogP) is 5.34. The number of hydrogen-bond acceptors (Lipinski definition) is 3. The highest BCUT2D eigenvalue weighted by molar-refractivity contribution is 6.42. The van der Waals surface area contributed by atoms with E-state index in [1.807, 2.05) is 24.3 Å². The summed E-state index contributed by atoms with van der Waals surface area (Å²) >= 11 is 12.5. The zero-order valence-corrected chi connectivity index (χ0v) is 18.6. The van der Waals surface area contributed by atoms with Crippen LogP contribution in [0, 0.1) is 6.92 Å². The number of aromatic nitrogens is 3. The monoisotopic (exact) mass is 452 g/mol. The molecule has 0 unspecified atom stereocenters. The number of carbonyl (C=O) groups excluding carboxylic acids is 1. The van der Waals surface area contributed by atoms with Crippen LogP contribution in [-0.2, 0) is 24.3 Å². The lowest BCUT2D eigenvalue weighted by atomic mass is 10.1. The van der Waals surface area contributed by atoms with Gasteiger partial charge in [-0.25, -0.2) is 4.98 Å². The van der Waals surface area contributed by atoms with E-state index >= 15 is 0 Å². The van der Waals surface area contributed by atoms with Crippen molar-refractivity contribution in [2.45, 2.75) is 32.9 Å². The van der Waals surface area contributed by atoms with Gasteiger partial charge >= 0.3 is 0 Å². The van der Waals surface area contributed by atoms with Crippen molar-refractivity contribution >= 4 is 40.1 Å². The standard InChI is InChI=1S/C24H22Cl2N4O/c1-16-5-7-17(8-6-16)12-23-29-21-13-19(25)20(26)14-22(21)30(23)11-9-24(31)28-15-18-4-2-3-10-27-18/h2-8,10,13-14H,9,11-12,15H2,1H3,(H,28,31). The van der Waals surface area contributed by atoms with Crippen LogP contribution in [0.25, 0.3) is 11.0 Å². The number of nitrogens with one attached hydrogen (secondary N) is 1. The molecule has 0 radical (unpaired) electrons. The Morgan fingerprint density at radius 2 is 1.84 bits per heavy atom. The molecule has 0 atom stereocenters. The number of hydrogen-bond donors (Lipinski definition) is 1. The highest BCUT2D eigenvalue weighted by atomic mass is 35.5. The Balaban J connectivity index is 1.54. The first-order valence-electron chi connectivity index (χ1n) is 10.1. The first-order valence-corrected chi connectivity index (χ1v) is 10.8. The van der Waals surface area contributed by atoms with Gasteiger partial charge in [-0.3, -0.25) is 9.78 Å². The van der Waals surface area contributed by atoms with Gasteiger partial charge in [0.1, 0.15) is 5.82 Å². The first-order chi connectivity index (χ1) is 15.0. The number of aryl methyl sites for hydroxylation is 2. The van der Waals surface area contributed by atoms with E-state index in [0.29, 0.717) is 36.0 Å². The third kappa shape index (κ3) is 5.24. The normalized spacial score (nSPS) is 11.1. The summed E-state index contributed by atoms with van der Waals surface area (Å²) in [6, 6.07) is 17.6. The molecule has 2 aromatic heterocycles. The summed E-state index contributed by atoms with van der Waals surface area (Å²) in [5.41, 5.74) is 4.82. The molecule has 2 heterocycles. The molecule has 1 N–H and O–H groups in total. The van der Waals surface area contributed by atoms with E-state index in [2.05, 4.69) is 46.1 Å². The van der Waals surface area contributed by atoms with Crippen molar-refractivity contribution in [1.82, 2.24) is 19.9 Å². The Morgan fingerprint density at radius 3 is 2.58 bits per heavy atom. The highest BCUT2D eigenvalue weighted by Crippen LogP contribution is 2.29. The summed E-state index contributed by atoms with van der Waals surface area (Å²) < 4.78 is 2.05. The number of rotatable bonds is 7. The van der Waals surface area contributed by atoms with E-state index in [4.69, 9.17) is 28.2 Å². The van der Waals surface area contributed by atoms with Crippen LogP contribution in [0.2, 0.25) is 10.0 Å². The van der Waals surface area contributed by atoms with Crippen molar-refractivity contribution in [3.63, 3.8) is 0 Å². The third-order valence-corrected chi connectivity index (χ3v) is 5.83. The Bertz CT molecular complexity index is 1200. The van der Waals surface area contributed by atoms with Gasteiger partial charge in [0.25, 0.3) is 0 Å². The van der Waals surface area contributed by atoms with E-state index < -0.39 is 0 Å². The molecule has 0 fully saturated rings. The number of pyridine rings is 1. The average Bonchev–Trinajstić information content (AvgIpc) is 3.09. The van der Waals surface area contributed by atoms with Crippen molar-refractivity contribution < 1.29 is 4.79 Å². The van der Waals surface area contributed by atoms with Crippen molar-refractivity contribution in [1.29, 1.82) is 0 Å². The summed E-state index contributed by atoms with van der Waals surface area (Å²) in [6.07, 6.45) is 2.69. The number of halogens is 2. The van der Waals surface area contributed by atoms with Gasteiger partial charge in [0.15, 0.2) is 0 Å².